The Morgan fingerprint density at radius 2 is 1.82 bits per heavy atom. The number of esters is 1. The van der Waals surface area contributed by atoms with E-state index in [0.717, 1.165) is 5.56 Å². The summed E-state index contributed by atoms with van der Waals surface area (Å²) >= 11 is 6.33. The van der Waals surface area contributed by atoms with E-state index in [1.165, 1.54) is 19.4 Å². The lowest BCUT2D eigenvalue weighted by atomic mass is 9.86. The van der Waals surface area contributed by atoms with E-state index in [2.05, 4.69) is 4.98 Å². The molecule has 2 aromatic rings. The molecule has 1 aromatic carbocycles. The number of methoxy groups -OCH3 is 1. The van der Waals surface area contributed by atoms with E-state index in [4.69, 9.17) is 25.8 Å². The number of ether oxygens (including phenoxy) is 3. The lowest BCUT2D eigenvalue weighted by molar-refractivity contribution is -0.160. The minimum atomic E-state index is -0.754. The van der Waals surface area contributed by atoms with E-state index >= 15 is 0 Å². The quantitative estimate of drug-likeness (QED) is 0.382. The summed E-state index contributed by atoms with van der Waals surface area (Å²) < 4.78 is 16.9. The molecule has 1 heterocycles. The smallest absolute Gasteiger partial charge is 0.309 e. The number of carbonyl (C=O) groups is 2. The standard InChI is InChI=1S/C25H32ClNO6/c1-14-8-9-19(17(26)12-14)33-23(25(4,5)6)16(3)32-24(30)15(2)13-18(28)21-22(29)20(31-7)10-11-27-21/h8-12,15-16,23,29H,13H2,1-7H3/t15-,16+,23+/m1/s1. The molecular weight excluding hydrogens is 446 g/mol. The molecule has 0 unspecified atom stereocenters. The highest BCUT2D eigenvalue weighted by atomic mass is 35.5. The van der Waals surface area contributed by atoms with Crippen LogP contribution in [0.2, 0.25) is 5.02 Å². The van der Waals surface area contributed by atoms with Gasteiger partial charge >= 0.3 is 5.97 Å². The molecular formula is C25H32ClNO6. The Hall–Kier alpha value is -2.80. The van der Waals surface area contributed by atoms with Crippen molar-refractivity contribution in [3.8, 4) is 17.2 Å². The first kappa shape index (κ1) is 26.5. The first-order valence-corrected chi connectivity index (χ1v) is 11.1. The van der Waals surface area contributed by atoms with Crippen LogP contribution >= 0.6 is 11.6 Å². The normalized spacial score (nSPS) is 14.2. The zero-order valence-electron chi connectivity index (χ0n) is 20.1. The molecule has 180 valence electrons. The third-order valence-electron chi connectivity index (χ3n) is 5.19. The van der Waals surface area contributed by atoms with Crippen LogP contribution in [0.1, 0.15) is 57.1 Å². The Kier molecular flexibility index (Phi) is 8.72. The molecule has 0 spiro atoms. The lowest BCUT2D eigenvalue weighted by Crippen LogP contribution is -2.44. The molecule has 33 heavy (non-hydrogen) atoms. The minimum Gasteiger partial charge on any atom is -0.503 e. The number of halogens is 1. The first-order chi connectivity index (χ1) is 15.3. The fourth-order valence-corrected chi connectivity index (χ4v) is 3.72. The molecule has 0 bridgehead atoms. The molecule has 0 amide bonds. The van der Waals surface area contributed by atoms with Gasteiger partial charge in [-0.05, 0) is 31.5 Å². The van der Waals surface area contributed by atoms with E-state index < -0.39 is 29.9 Å². The van der Waals surface area contributed by atoms with Crippen molar-refractivity contribution < 1.29 is 28.9 Å². The highest BCUT2D eigenvalue weighted by molar-refractivity contribution is 6.32. The molecule has 0 aliphatic rings. The number of pyridine rings is 1. The summed E-state index contributed by atoms with van der Waals surface area (Å²) in [6, 6.07) is 6.94. The van der Waals surface area contributed by atoms with Crippen LogP contribution < -0.4 is 9.47 Å². The van der Waals surface area contributed by atoms with Gasteiger partial charge in [0, 0.05) is 24.1 Å². The summed E-state index contributed by atoms with van der Waals surface area (Å²) in [5, 5.41) is 10.6. The van der Waals surface area contributed by atoms with Gasteiger partial charge < -0.3 is 19.3 Å². The fourth-order valence-electron chi connectivity index (χ4n) is 3.44. The zero-order valence-corrected chi connectivity index (χ0v) is 20.9. The van der Waals surface area contributed by atoms with Gasteiger partial charge in [-0.25, -0.2) is 4.98 Å². The van der Waals surface area contributed by atoms with Crippen LogP contribution in [-0.2, 0) is 9.53 Å². The van der Waals surface area contributed by atoms with Crippen molar-refractivity contribution in [2.75, 3.05) is 7.11 Å². The van der Waals surface area contributed by atoms with Gasteiger partial charge in [-0.3, -0.25) is 9.59 Å². The van der Waals surface area contributed by atoms with E-state index in [9.17, 15) is 14.7 Å². The first-order valence-electron chi connectivity index (χ1n) is 10.7. The number of hydrogen-bond acceptors (Lipinski definition) is 7. The Balaban J connectivity index is 2.10. The number of aromatic nitrogens is 1. The number of Topliss-reactive ketones (excluding diaryl/α,β-unsaturated/α-hetero) is 1. The van der Waals surface area contributed by atoms with Crippen LogP contribution in [0.15, 0.2) is 30.5 Å². The predicted octanol–water partition coefficient (Wildman–Crippen LogP) is 5.39. The third kappa shape index (κ3) is 6.84. The van der Waals surface area contributed by atoms with Gasteiger partial charge in [0.2, 0.25) is 0 Å². The van der Waals surface area contributed by atoms with Gasteiger partial charge in [-0.2, -0.15) is 0 Å². The molecule has 0 fully saturated rings. The van der Waals surface area contributed by atoms with Crippen LogP contribution in [0.4, 0.5) is 0 Å². The van der Waals surface area contributed by atoms with Crippen LogP contribution in [-0.4, -0.2) is 41.2 Å². The van der Waals surface area contributed by atoms with Crippen LogP contribution in [0, 0.1) is 18.3 Å². The SMILES string of the molecule is COc1ccnc(C(=O)C[C@@H](C)C(=O)O[C@@H](C)[C@H](Oc2ccc(C)cc2Cl)C(C)(C)C)c1O. The number of carbonyl (C=O) groups excluding carboxylic acids is 2. The molecule has 0 aliphatic carbocycles. The summed E-state index contributed by atoms with van der Waals surface area (Å²) in [6.07, 6.45) is 0.0760. The van der Waals surface area contributed by atoms with Crippen LogP contribution in [0.3, 0.4) is 0 Å². The zero-order chi connectivity index (χ0) is 24.9. The molecule has 0 saturated carbocycles. The van der Waals surface area contributed by atoms with Crippen molar-refractivity contribution in [3.05, 3.63) is 46.7 Å². The summed E-state index contributed by atoms with van der Waals surface area (Å²) in [7, 11) is 1.38. The average molecular weight is 478 g/mol. The number of ketones is 1. The summed E-state index contributed by atoms with van der Waals surface area (Å²) in [5.74, 6) is -1.50. The third-order valence-corrected chi connectivity index (χ3v) is 5.48. The number of rotatable bonds is 9. The Morgan fingerprint density at radius 1 is 1.15 bits per heavy atom. The Morgan fingerprint density at radius 3 is 2.39 bits per heavy atom. The monoisotopic (exact) mass is 477 g/mol. The maximum absolute atomic E-state index is 12.8. The molecule has 1 aromatic heterocycles. The number of benzene rings is 1. The molecule has 1 N–H and O–H groups in total. The molecule has 3 atom stereocenters. The second-order valence-electron chi connectivity index (χ2n) is 9.22. The van der Waals surface area contributed by atoms with E-state index in [1.807, 2.05) is 39.8 Å². The highest BCUT2D eigenvalue weighted by Gasteiger charge is 2.36. The van der Waals surface area contributed by atoms with Crippen LogP contribution in [0.5, 0.6) is 17.2 Å². The second kappa shape index (κ2) is 10.9. The van der Waals surface area contributed by atoms with Gasteiger partial charge in [-0.15, -0.1) is 0 Å². The summed E-state index contributed by atoms with van der Waals surface area (Å²) in [6.45, 7) is 11.2. The van der Waals surface area contributed by atoms with E-state index in [-0.39, 0.29) is 29.0 Å². The average Bonchev–Trinajstić information content (AvgIpc) is 2.72. The van der Waals surface area contributed by atoms with Crippen molar-refractivity contribution in [1.82, 2.24) is 4.98 Å². The van der Waals surface area contributed by atoms with Crippen LogP contribution in [0.25, 0.3) is 0 Å². The highest BCUT2D eigenvalue weighted by Crippen LogP contribution is 2.33. The second-order valence-corrected chi connectivity index (χ2v) is 9.63. The maximum Gasteiger partial charge on any atom is 0.309 e. The maximum atomic E-state index is 12.8. The molecule has 0 saturated heterocycles. The molecule has 2 rings (SSSR count). The number of nitrogens with zero attached hydrogens (tertiary/aromatic N) is 1. The summed E-state index contributed by atoms with van der Waals surface area (Å²) in [5.41, 5.74) is 0.490. The number of aryl methyl sites for hydroxylation is 1. The van der Waals surface area contributed by atoms with Gasteiger partial charge in [0.15, 0.2) is 23.0 Å². The van der Waals surface area contributed by atoms with Crippen molar-refractivity contribution in [2.24, 2.45) is 11.3 Å². The van der Waals surface area contributed by atoms with Gasteiger partial charge in [-0.1, -0.05) is 45.4 Å². The topological polar surface area (TPSA) is 95.0 Å². The number of aromatic hydroxyl groups is 1. The molecule has 0 radical (unpaired) electrons. The van der Waals surface area contributed by atoms with E-state index in [1.54, 1.807) is 19.9 Å². The fraction of sp³-hybridized carbons (Fsp3) is 0.480. The largest absolute Gasteiger partial charge is 0.503 e. The molecule has 0 aliphatic heterocycles. The Labute approximate surface area is 200 Å². The Bertz CT molecular complexity index is 1000. The molecule has 8 heteroatoms. The lowest BCUT2D eigenvalue weighted by Gasteiger charge is -2.35. The van der Waals surface area contributed by atoms with Gasteiger partial charge in [0.05, 0.1) is 18.1 Å². The minimum absolute atomic E-state index is 0.136. The predicted molar refractivity (Wildman–Crippen MR) is 126 cm³/mol. The van der Waals surface area contributed by atoms with Gasteiger partial charge in [0.25, 0.3) is 0 Å². The van der Waals surface area contributed by atoms with Crippen molar-refractivity contribution in [2.45, 2.75) is 60.2 Å². The van der Waals surface area contributed by atoms with Gasteiger partial charge in [0.1, 0.15) is 18.0 Å². The van der Waals surface area contributed by atoms with Crippen molar-refractivity contribution >= 4 is 23.4 Å². The number of hydrogen-bond donors (Lipinski definition) is 1. The van der Waals surface area contributed by atoms with Crippen molar-refractivity contribution in [1.29, 1.82) is 0 Å². The summed E-state index contributed by atoms with van der Waals surface area (Å²) in [4.78, 5) is 29.3. The van der Waals surface area contributed by atoms with E-state index in [0.29, 0.717) is 10.8 Å². The molecule has 7 nitrogen and oxygen atoms in total. The van der Waals surface area contributed by atoms with Crippen molar-refractivity contribution in [3.63, 3.8) is 0 Å².